The number of piperidine rings is 2. The van der Waals surface area contributed by atoms with Gasteiger partial charge in [-0.3, -0.25) is 33.8 Å². The van der Waals surface area contributed by atoms with E-state index < -0.39 is 12.1 Å². The maximum Gasteiger partial charge on any atom is 0.319 e. The number of ketones is 4. The molecular formula is C56H80F3N7O7. The van der Waals surface area contributed by atoms with Crippen LogP contribution in [0.2, 0.25) is 0 Å². The largest absolute Gasteiger partial charge is 0.369 e. The molecule has 402 valence electrons. The van der Waals surface area contributed by atoms with E-state index in [0.29, 0.717) is 71.5 Å². The number of hydrogen-bond acceptors (Lipinski definition) is 9. The Bertz CT molecular complexity index is 2500. The molecule has 5 amide bonds. The zero-order valence-electron chi connectivity index (χ0n) is 42.4. The topological polar surface area (TPSA) is 200 Å². The fourth-order valence-electron chi connectivity index (χ4n) is 9.70. The fraction of sp³-hybridized carbons (Fsp3) is 0.446. The lowest BCUT2D eigenvalue weighted by Gasteiger charge is -2.39. The van der Waals surface area contributed by atoms with Crippen molar-refractivity contribution in [3.8, 4) is 0 Å². The second kappa shape index (κ2) is 28.5. The highest BCUT2D eigenvalue weighted by atomic mass is 19.1. The molecule has 0 radical (unpaired) electrons. The quantitative estimate of drug-likeness (QED) is 0.0375. The van der Waals surface area contributed by atoms with Crippen molar-refractivity contribution >= 4 is 52.5 Å². The normalized spacial score (nSPS) is 17.8. The number of carbonyl (C=O) groups excluding carboxylic acids is 7. The number of urea groups is 2. The summed E-state index contributed by atoms with van der Waals surface area (Å²) in [4.78, 5) is 87.7. The van der Waals surface area contributed by atoms with Crippen molar-refractivity contribution in [2.45, 2.75) is 104 Å². The molecule has 14 nitrogen and oxygen atoms in total. The van der Waals surface area contributed by atoms with Crippen LogP contribution in [0.1, 0.15) is 139 Å². The summed E-state index contributed by atoms with van der Waals surface area (Å²) in [5, 5.41) is 11.0. The molecule has 4 aromatic rings. The van der Waals surface area contributed by atoms with Crippen molar-refractivity contribution < 1.29 is 53.9 Å². The molecule has 2 saturated heterocycles. The Morgan fingerprint density at radius 2 is 0.945 bits per heavy atom. The van der Waals surface area contributed by atoms with E-state index in [9.17, 15) is 46.7 Å². The summed E-state index contributed by atoms with van der Waals surface area (Å²) >= 11 is 0. The molecule has 6 rings (SSSR count). The molecule has 4 aromatic carbocycles. The van der Waals surface area contributed by atoms with Crippen molar-refractivity contribution in [3.63, 3.8) is 0 Å². The van der Waals surface area contributed by atoms with Gasteiger partial charge in [-0.2, -0.15) is 0 Å². The van der Waals surface area contributed by atoms with Gasteiger partial charge in [0.2, 0.25) is 5.91 Å². The predicted octanol–water partition coefficient (Wildman–Crippen LogP) is 10.6. The summed E-state index contributed by atoms with van der Waals surface area (Å²) in [5.41, 5.74) is 9.84. The van der Waals surface area contributed by atoms with E-state index in [1.54, 1.807) is 24.3 Å². The van der Waals surface area contributed by atoms with Crippen LogP contribution in [0.4, 0.5) is 34.1 Å². The third-order valence-corrected chi connectivity index (χ3v) is 13.5. The van der Waals surface area contributed by atoms with Gasteiger partial charge >= 0.3 is 12.1 Å². The number of nitrogens with one attached hydrogen (secondary N) is 4. The van der Waals surface area contributed by atoms with Crippen molar-refractivity contribution in [1.82, 2.24) is 20.4 Å². The first-order chi connectivity index (χ1) is 34.8. The first kappa shape index (κ1) is 57.2. The number of amides is 5. The number of hydrogen-bond donors (Lipinski definition) is 5. The molecule has 0 aromatic heterocycles. The molecule has 73 heavy (non-hydrogen) atoms. The molecule has 0 spiro atoms. The number of likely N-dealkylation sites (tertiary alicyclic amines) is 2. The summed E-state index contributed by atoms with van der Waals surface area (Å²) in [6.45, 7) is 8.30. The molecule has 0 aliphatic carbocycles. The first-order valence-corrected chi connectivity index (χ1v) is 25.1. The minimum absolute atomic E-state index is 0. The van der Waals surface area contributed by atoms with Crippen LogP contribution < -0.4 is 27.0 Å². The highest BCUT2D eigenvalue weighted by Gasteiger charge is 2.30. The van der Waals surface area contributed by atoms with Crippen LogP contribution >= 0.6 is 0 Å². The molecule has 2 aliphatic rings. The third-order valence-electron chi connectivity index (χ3n) is 13.5. The van der Waals surface area contributed by atoms with Gasteiger partial charge in [0.15, 0.2) is 23.1 Å². The van der Waals surface area contributed by atoms with Crippen molar-refractivity contribution in [2.75, 3.05) is 56.6 Å². The molecule has 17 heteroatoms. The molecule has 4 atom stereocenters. The van der Waals surface area contributed by atoms with Crippen LogP contribution in [-0.2, 0) is 17.6 Å². The van der Waals surface area contributed by atoms with Crippen LogP contribution in [0.3, 0.4) is 0 Å². The average molecular weight is 1020 g/mol. The standard InChI is InChI=1S/C28H35F2N3O3.C28H35FN4O4.5H2/c1-19(34)23-16-24(20(2)35)18-26(17-23)32-28(36)31-11-3-4-27-15-22(9-12-33(27)13-10-29)14-21-5-7-25(30)8-6-21;1-18(34)22-14-23(19(2)35)16-25(15-22)32-28(37)31-10-3-4-26-13-21(9-11-33(26)17-27(30)36)12-20-5-7-24(29)8-6-20;;;;;/h5-8,16-18,22,27H,3-4,9-15H2,1-2H3,(H2,31,32,36);5-8,14-16,21,26H,3-4,9-13,17H2,1-2H3,(H2,30,36)(H2,31,32,37);5*1H/t22-,27-;21-,26-;;;;;/m00...../s1. The van der Waals surface area contributed by atoms with E-state index in [4.69, 9.17) is 5.73 Å². The summed E-state index contributed by atoms with van der Waals surface area (Å²) in [5.74, 6) is -0.755. The molecule has 0 unspecified atom stereocenters. The Morgan fingerprint density at radius 1 is 0.575 bits per heavy atom. The summed E-state index contributed by atoms with van der Waals surface area (Å²) < 4.78 is 39.6. The summed E-state index contributed by atoms with van der Waals surface area (Å²) in [6, 6.07) is 22.0. The van der Waals surface area contributed by atoms with E-state index >= 15 is 0 Å². The average Bonchev–Trinajstić information content (AvgIpc) is 3.34. The Hall–Kier alpha value is -6.72. The van der Waals surface area contributed by atoms with Gasteiger partial charge in [0.05, 0.1) is 6.54 Å². The number of primary amides is 1. The van der Waals surface area contributed by atoms with E-state index in [0.717, 1.165) is 82.0 Å². The number of alkyl halides is 1. The van der Waals surface area contributed by atoms with Crippen LogP contribution in [0.15, 0.2) is 84.9 Å². The van der Waals surface area contributed by atoms with Crippen molar-refractivity contribution in [1.29, 1.82) is 0 Å². The maximum atomic E-state index is 13.2. The summed E-state index contributed by atoms with van der Waals surface area (Å²) in [7, 11) is 0. The number of Topliss-reactive ketones (excluding diaryl/α,β-unsaturated/α-hetero) is 4. The smallest absolute Gasteiger partial charge is 0.319 e. The Kier molecular flexibility index (Phi) is 22.3. The number of rotatable bonds is 22. The van der Waals surface area contributed by atoms with Crippen LogP contribution in [0.25, 0.3) is 0 Å². The minimum atomic E-state index is -0.429. The second-order valence-electron chi connectivity index (χ2n) is 19.3. The highest BCUT2D eigenvalue weighted by Crippen LogP contribution is 2.30. The Labute approximate surface area is 433 Å². The summed E-state index contributed by atoms with van der Waals surface area (Å²) in [6.07, 6.45) is 8.51. The molecule has 2 aliphatic heterocycles. The van der Waals surface area contributed by atoms with Crippen molar-refractivity contribution in [2.24, 2.45) is 17.6 Å². The Balaban J connectivity index is 0.00000143. The van der Waals surface area contributed by atoms with Gasteiger partial charge in [-0.15, -0.1) is 0 Å². The van der Waals surface area contributed by atoms with E-state index in [2.05, 4.69) is 31.1 Å². The van der Waals surface area contributed by atoms with Gasteiger partial charge in [0.25, 0.3) is 0 Å². The number of benzene rings is 4. The number of nitrogens with two attached hydrogens (primary N) is 1. The van der Waals surface area contributed by atoms with Gasteiger partial charge in [0, 0.05) is 72.5 Å². The molecule has 6 N–H and O–H groups in total. The van der Waals surface area contributed by atoms with E-state index in [-0.39, 0.29) is 73.1 Å². The number of halogens is 3. The molecule has 2 fully saturated rings. The maximum absolute atomic E-state index is 13.2. The number of anilines is 2. The number of nitrogens with zero attached hydrogens (tertiary/aromatic N) is 2. The van der Waals surface area contributed by atoms with Crippen molar-refractivity contribution in [3.05, 3.63) is 130 Å². The third kappa shape index (κ3) is 19.3. The highest BCUT2D eigenvalue weighted by molar-refractivity contribution is 6.03. The lowest BCUT2D eigenvalue weighted by Crippen LogP contribution is -2.47. The lowest BCUT2D eigenvalue weighted by atomic mass is 9.84. The molecule has 0 bridgehead atoms. The van der Waals surface area contributed by atoms with Gasteiger partial charge in [-0.1, -0.05) is 24.3 Å². The molecular weight excluding hydrogens is 940 g/mol. The van der Waals surface area contributed by atoms with Gasteiger partial charge in [0.1, 0.15) is 18.3 Å². The first-order valence-electron chi connectivity index (χ1n) is 25.1. The van der Waals surface area contributed by atoms with Crippen LogP contribution in [-0.4, -0.2) is 109 Å². The molecule has 2 heterocycles. The van der Waals surface area contributed by atoms with Gasteiger partial charge in [-0.05, 0) is 189 Å². The zero-order valence-corrected chi connectivity index (χ0v) is 42.4. The number of carbonyl (C=O) groups is 7. The zero-order chi connectivity index (χ0) is 53.0. The monoisotopic (exact) mass is 1020 g/mol. The second-order valence-corrected chi connectivity index (χ2v) is 19.3. The van der Waals surface area contributed by atoms with Gasteiger partial charge < -0.3 is 27.0 Å². The van der Waals surface area contributed by atoms with E-state index in [1.807, 2.05) is 24.3 Å². The lowest BCUT2D eigenvalue weighted by molar-refractivity contribution is -0.120. The predicted molar refractivity (Wildman–Crippen MR) is 288 cm³/mol. The fourth-order valence-corrected chi connectivity index (χ4v) is 9.70. The Morgan fingerprint density at radius 3 is 1.30 bits per heavy atom. The molecule has 0 saturated carbocycles. The van der Waals surface area contributed by atoms with E-state index in [1.165, 1.54) is 64.1 Å². The van der Waals surface area contributed by atoms with Crippen LogP contribution in [0, 0.1) is 23.5 Å². The SMILES string of the molecule is CC(=O)c1cc(NC(=O)NCCC[C@H]2C[C@H](Cc3ccc(F)cc3)CCN2CC(N)=O)cc(C(C)=O)c1.CC(=O)c1cc(NC(=O)NCCC[C@H]2C[C@H](Cc3ccc(F)cc3)CCN2CCF)cc(C(C)=O)c1.[HH].[HH].[HH].[HH].[HH]. The minimum Gasteiger partial charge on any atom is -0.369 e. The van der Waals surface area contributed by atoms with Gasteiger partial charge in [-0.25, -0.2) is 22.8 Å². The van der Waals surface area contributed by atoms with Crippen LogP contribution in [0.5, 0.6) is 0 Å².